The van der Waals surface area contributed by atoms with Gasteiger partial charge < -0.3 is 0 Å². The fourth-order valence-corrected chi connectivity index (χ4v) is 2.19. The van der Waals surface area contributed by atoms with Crippen molar-refractivity contribution in [1.29, 1.82) is 0 Å². The third kappa shape index (κ3) is 10.6. The minimum atomic E-state index is 0.259. The van der Waals surface area contributed by atoms with Crippen molar-refractivity contribution in [1.82, 2.24) is 0 Å². The van der Waals surface area contributed by atoms with Crippen LogP contribution in [0.25, 0.3) is 0 Å². The van der Waals surface area contributed by atoms with Crippen LogP contribution in [-0.4, -0.2) is 5.49 Å². The third-order valence-corrected chi connectivity index (χ3v) is 3.83. The second kappa shape index (κ2) is 13.1. The van der Waals surface area contributed by atoms with Crippen LogP contribution in [0, 0.1) is 0 Å². The van der Waals surface area contributed by atoms with E-state index in [1.807, 2.05) is 0 Å². The molecule has 0 atom stereocenters. The molecule has 2 heteroatoms. The van der Waals surface area contributed by atoms with E-state index in [1.54, 1.807) is 0 Å². The van der Waals surface area contributed by atoms with E-state index in [9.17, 15) is 0 Å². The zero-order valence-corrected chi connectivity index (χ0v) is 21.6. The first-order chi connectivity index (χ1) is 11.2. The Morgan fingerprint density at radius 3 is 1.25 bits per heavy atom. The van der Waals surface area contributed by atoms with E-state index in [1.165, 1.54) is 45.3 Å². The van der Waals surface area contributed by atoms with E-state index in [4.69, 9.17) is 0 Å². The molecular weight excluding hydrogens is 471 g/mol. The van der Waals surface area contributed by atoms with Gasteiger partial charge in [0.25, 0.3) is 0 Å². The molecule has 0 unspecified atom stereocenters. The molecule has 2 aromatic rings. The number of hydrogen-bond donors (Lipinski definition) is 0. The maximum atomic E-state index is 2.33. The molecule has 0 aliphatic heterocycles. The summed E-state index contributed by atoms with van der Waals surface area (Å²) in [5.74, 6) is 1.36. The molecule has 0 saturated carbocycles. The van der Waals surface area contributed by atoms with Crippen LogP contribution >= 0.6 is 0 Å². The summed E-state index contributed by atoms with van der Waals surface area (Å²) < 4.78 is 0. The molecule has 0 aliphatic carbocycles. The van der Waals surface area contributed by atoms with E-state index in [0.717, 1.165) is 12.8 Å². The van der Waals surface area contributed by atoms with Gasteiger partial charge in [-0.25, -0.2) is 12.1 Å². The number of rotatable bonds is 4. The molecule has 0 bridgehead atoms. The van der Waals surface area contributed by atoms with Crippen molar-refractivity contribution in [2.24, 2.45) is 0 Å². The second-order valence-electron chi connectivity index (χ2n) is 7.12. The molecule has 0 radical (unpaired) electrons. The summed E-state index contributed by atoms with van der Waals surface area (Å²) in [6.45, 7) is 18.0. The van der Waals surface area contributed by atoms with Crippen LogP contribution in [0.4, 0.5) is 0 Å². The predicted molar refractivity (Wildman–Crippen MR) is 108 cm³/mol. The Bertz CT molecular complexity index is 522. The van der Waals surface area contributed by atoms with Gasteiger partial charge in [0.2, 0.25) is 0 Å². The fourth-order valence-electron chi connectivity index (χ4n) is 2.19. The first kappa shape index (κ1) is 23.8. The first-order valence-electron chi connectivity index (χ1n) is 9.23. The molecule has 2 rings (SSSR count). The first-order valence-corrected chi connectivity index (χ1v) is 17.1. The number of hydrogen-bond acceptors (Lipinski definition) is 0. The number of aryl methyl sites for hydroxylation is 2. The normalized spacial score (nSPS) is 10.2. The van der Waals surface area contributed by atoms with Gasteiger partial charge in [-0.3, -0.25) is 0 Å². The molecule has 0 fully saturated rings. The van der Waals surface area contributed by atoms with Crippen molar-refractivity contribution >= 4 is 5.49 Å². The predicted octanol–water partition coefficient (Wildman–Crippen LogP) is 6.97. The molecule has 0 heterocycles. The van der Waals surface area contributed by atoms with Crippen LogP contribution in [0.3, 0.4) is 0 Å². The molecule has 0 N–H and O–H groups in total. The van der Waals surface area contributed by atoms with E-state index in [2.05, 4.69) is 91.0 Å². The van der Waals surface area contributed by atoms with E-state index in [-0.39, 0.29) is 5.49 Å². The SMILES string of the molecule is CCc1c[cH-]c(C(C)C)c1.CCc1c[cH-]c(C(C)C)c1.C[Si](C)=[Hf+2]. The fraction of sp³-hybridized carbons (Fsp3) is 0.545. The van der Waals surface area contributed by atoms with Gasteiger partial charge in [0.05, 0.1) is 0 Å². The van der Waals surface area contributed by atoms with Gasteiger partial charge >= 0.3 is 41.6 Å². The van der Waals surface area contributed by atoms with Gasteiger partial charge in [0, 0.05) is 0 Å². The van der Waals surface area contributed by atoms with Gasteiger partial charge in [-0.05, 0) is 11.8 Å². The summed E-state index contributed by atoms with van der Waals surface area (Å²) in [6.07, 6.45) is 2.32. The van der Waals surface area contributed by atoms with Crippen molar-refractivity contribution in [2.45, 2.75) is 79.3 Å². The van der Waals surface area contributed by atoms with Crippen molar-refractivity contribution in [2.75, 3.05) is 0 Å². The Hall–Kier alpha value is -0.213. The van der Waals surface area contributed by atoms with Crippen LogP contribution in [-0.2, 0) is 35.8 Å². The van der Waals surface area contributed by atoms with Crippen LogP contribution in [0.1, 0.15) is 75.6 Å². The Labute approximate surface area is 165 Å². The monoisotopic (exact) mass is 508 g/mol. The van der Waals surface area contributed by atoms with Gasteiger partial charge in [-0.15, -0.1) is 0 Å². The van der Waals surface area contributed by atoms with Crippen LogP contribution in [0.5, 0.6) is 0 Å². The summed E-state index contributed by atoms with van der Waals surface area (Å²) in [5.41, 5.74) is 6.12. The summed E-state index contributed by atoms with van der Waals surface area (Å²) in [7, 11) is 0. The van der Waals surface area contributed by atoms with Gasteiger partial charge in [0.15, 0.2) is 0 Å². The Kier molecular flexibility index (Phi) is 12.9. The molecule has 0 spiro atoms. The van der Waals surface area contributed by atoms with Crippen molar-refractivity contribution in [3.05, 3.63) is 58.7 Å². The molecule has 132 valence electrons. The van der Waals surface area contributed by atoms with Crippen LogP contribution in [0.2, 0.25) is 13.1 Å². The summed E-state index contributed by atoms with van der Waals surface area (Å²) in [6, 6.07) is 13.5. The molecule has 24 heavy (non-hydrogen) atoms. The quantitative estimate of drug-likeness (QED) is 0.310. The Morgan fingerprint density at radius 2 is 1.12 bits per heavy atom. The molecule has 2 aromatic carbocycles. The topological polar surface area (TPSA) is 0 Å². The van der Waals surface area contributed by atoms with Gasteiger partial charge in [-0.1, -0.05) is 54.4 Å². The maximum absolute atomic E-state index is 2.33. The molecule has 0 amide bonds. The van der Waals surface area contributed by atoms with Crippen LogP contribution in [0.15, 0.2) is 36.4 Å². The zero-order valence-electron chi connectivity index (χ0n) is 17.0. The second-order valence-corrected chi connectivity index (χ2v) is 19.9. The average molecular weight is 507 g/mol. The molecular formula is C22H36HfSi. The van der Waals surface area contributed by atoms with E-state index < -0.39 is 0 Å². The van der Waals surface area contributed by atoms with E-state index in [0.29, 0.717) is 11.8 Å². The summed E-state index contributed by atoms with van der Waals surface area (Å²) in [5, 5.41) is 0. The zero-order chi connectivity index (χ0) is 18.7. The standard InChI is InChI=1S/2C10H15.C2H6Si.Hf/c2*1-4-9-5-6-10(7-9)8(2)3;1-3-2;/h2*5-8H,4H2,1-3H3;1-2H3;/q2*-1;;+2. The van der Waals surface area contributed by atoms with Crippen LogP contribution < -0.4 is 0 Å². The van der Waals surface area contributed by atoms with Gasteiger partial charge in [-0.2, -0.15) is 46.5 Å². The van der Waals surface area contributed by atoms with E-state index >= 15 is 0 Å². The van der Waals surface area contributed by atoms with Gasteiger partial charge in [0.1, 0.15) is 0 Å². The Balaban J connectivity index is 0.000000363. The summed E-state index contributed by atoms with van der Waals surface area (Å²) in [4.78, 5) is 0. The minimum absolute atomic E-state index is 0.259. The molecule has 0 nitrogen and oxygen atoms in total. The molecule has 0 saturated heterocycles. The van der Waals surface area contributed by atoms with Crippen molar-refractivity contribution in [3.63, 3.8) is 0 Å². The molecule has 0 aliphatic rings. The summed E-state index contributed by atoms with van der Waals surface area (Å²) >= 11 is 1.45. The molecule has 0 aromatic heterocycles. The third-order valence-electron chi connectivity index (χ3n) is 3.83. The van der Waals surface area contributed by atoms with Crippen molar-refractivity contribution < 1.29 is 23.0 Å². The average Bonchev–Trinajstić information content (AvgIpc) is 3.16. The Morgan fingerprint density at radius 1 is 0.833 bits per heavy atom. The van der Waals surface area contributed by atoms with Crippen molar-refractivity contribution in [3.8, 4) is 0 Å².